The summed E-state index contributed by atoms with van der Waals surface area (Å²) in [7, 11) is 0. The lowest BCUT2D eigenvalue weighted by atomic mass is 9.93. The molecular weight excluding hydrogens is 150 g/mol. The smallest absolute Gasteiger partial charge is 0.202 e. The lowest BCUT2D eigenvalue weighted by Crippen LogP contribution is -2.23. The van der Waals surface area contributed by atoms with E-state index < -0.39 is 0 Å². The van der Waals surface area contributed by atoms with Crippen molar-refractivity contribution in [3.8, 4) is 0 Å². The zero-order valence-corrected chi connectivity index (χ0v) is 7.67. The van der Waals surface area contributed by atoms with E-state index in [1.807, 2.05) is 6.20 Å². The molecule has 0 spiro atoms. The van der Waals surface area contributed by atoms with Crippen LogP contribution in [-0.4, -0.2) is 23.1 Å². The second-order valence-electron chi connectivity index (χ2n) is 4.25. The molecule has 66 valence electrons. The Morgan fingerprint density at radius 2 is 2.42 bits per heavy atom. The third kappa shape index (κ3) is 1.31. The Morgan fingerprint density at radius 1 is 1.58 bits per heavy atom. The fourth-order valence-corrected chi connectivity index (χ4v) is 1.72. The Bertz CT molecular complexity index is 251. The zero-order chi connectivity index (χ0) is 8.60. The molecule has 1 aliphatic heterocycles. The number of hydrogen-bond donors (Lipinski definition) is 1. The van der Waals surface area contributed by atoms with Gasteiger partial charge in [0.25, 0.3) is 0 Å². The number of rotatable bonds is 1. The maximum absolute atomic E-state index is 4.23. The molecule has 0 unspecified atom stereocenters. The highest BCUT2D eigenvalue weighted by atomic mass is 15.3. The summed E-state index contributed by atoms with van der Waals surface area (Å²) < 4.78 is 0. The lowest BCUT2D eigenvalue weighted by Gasteiger charge is -2.18. The van der Waals surface area contributed by atoms with Gasteiger partial charge in [0.1, 0.15) is 0 Å². The number of H-pyrrole nitrogens is 1. The summed E-state index contributed by atoms with van der Waals surface area (Å²) in [4.78, 5) is 9.67. The fourth-order valence-electron chi connectivity index (χ4n) is 1.72. The highest BCUT2D eigenvalue weighted by Gasteiger charge is 2.29. The minimum absolute atomic E-state index is 0.451. The van der Waals surface area contributed by atoms with Crippen LogP contribution in [0.1, 0.15) is 20.3 Å². The zero-order valence-electron chi connectivity index (χ0n) is 7.67. The van der Waals surface area contributed by atoms with Crippen molar-refractivity contribution >= 4 is 5.95 Å². The van der Waals surface area contributed by atoms with Crippen molar-refractivity contribution in [3.63, 3.8) is 0 Å². The second kappa shape index (κ2) is 2.51. The van der Waals surface area contributed by atoms with Gasteiger partial charge in [0, 0.05) is 25.5 Å². The Balaban J connectivity index is 2.10. The van der Waals surface area contributed by atoms with Crippen LogP contribution in [0.3, 0.4) is 0 Å². The Labute approximate surface area is 72.8 Å². The highest BCUT2D eigenvalue weighted by Crippen LogP contribution is 2.30. The van der Waals surface area contributed by atoms with Gasteiger partial charge in [-0.2, -0.15) is 0 Å². The van der Waals surface area contributed by atoms with Gasteiger partial charge in [0.15, 0.2) is 0 Å². The third-order valence-electron chi connectivity index (χ3n) is 2.46. The van der Waals surface area contributed by atoms with Crippen LogP contribution in [0, 0.1) is 5.41 Å². The topological polar surface area (TPSA) is 31.9 Å². The van der Waals surface area contributed by atoms with Crippen LogP contribution in [0.2, 0.25) is 0 Å². The van der Waals surface area contributed by atoms with Gasteiger partial charge in [-0.1, -0.05) is 13.8 Å². The summed E-state index contributed by atoms with van der Waals surface area (Å²) in [6.07, 6.45) is 4.94. The van der Waals surface area contributed by atoms with Gasteiger partial charge >= 0.3 is 0 Å². The first-order valence-corrected chi connectivity index (χ1v) is 4.42. The average molecular weight is 165 g/mol. The number of anilines is 1. The molecule has 1 fully saturated rings. The quantitative estimate of drug-likeness (QED) is 0.686. The minimum atomic E-state index is 0.451. The van der Waals surface area contributed by atoms with E-state index in [4.69, 9.17) is 0 Å². The van der Waals surface area contributed by atoms with Crippen molar-refractivity contribution in [2.24, 2.45) is 5.41 Å². The van der Waals surface area contributed by atoms with Crippen LogP contribution in [0.25, 0.3) is 0 Å². The van der Waals surface area contributed by atoms with E-state index in [1.54, 1.807) is 6.20 Å². The summed E-state index contributed by atoms with van der Waals surface area (Å²) in [5, 5.41) is 0. The van der Waals surface area contributed by atoms with Crippen molar-refractivity contribution in [1.82, 2.24) is 9.97 Å². The Morgan fingerprint density at radius 3 is 2.92 bits per heavy atom. The number of nitrogens with one attached hydrogen (secondary N) is 1. The molecule has 1 N–H and O–H groups in total. The van der Waals surface area contributed by atoms with E-state index in [0.29, 0.717) is 5.41 Å². The van der Waals surface area contributed by atoms with Gasteiger partial charge in [-0.05, 0) is 11.8 Å². The number of aromatic amines is 1. The predicted octanol–water partition coefficient (Wildman–Crippen LogP) is 1.65. The van der Waals surface area contributed by atoms with Crippen molar-refractivity contribution < 1.29 is 0 Å². The maximum Gasteiger partial charge on any atom is 0.202 e. The van der Waals surface area contributed by atoms with Crippen molar-refractivity contribution in [2.45, 2.75) is 20.3 Å². The third-order valence-corrected chi connectivity index (χ3v) is 2.46. The van der Waals surface area contributed by atoms with Gasteiger partial charge in [-0.3, -0.25) is 0 Å². The largest absolute Gasteiger partial charge is 0.342 e. The molecule has 0 bridgehead atoms. The summed E-state index contributed by atoms with van der Waals surface area (Å²) >= 11 is 0. The first-order valence-electron chi connectivity index (χ1n) is 4.42. The summed E-state index contributed by atoms with van der Waals surface area (Å²) in [6, 6.07) is 0. The first kappa shape index (κ1) is 7.65. The van der Waals surface area contributed by atoms with E-state index in [9.17, 15) is 0 Å². The highest BCUT2D eigenvalue weighted by molar-refractivity contribution is 5.31. The average Bonchev–Trinajstić information content (AvgIpc) is 2.55. The van der Waals surface area contributed by atoms with Crippen LogP contribution < -0.4 is 4.90 Å². The Kier molecular flexibility index (Phi) is 1.60. The summed E-state index contributed by atoms with van der Waals surface area (Å²) in [5.74, 6) is 1.01. The van der Waals surface area contributed by atoms with Crippen LogP contribution in [0.4, 0.5) is 5.95 Å². The monoisotopic (exact) mass is 165 g/mol. The van der Waals surface area contributed by atoms with Gasteiger partial charge in [0.05, 0.1) is 0 Å². The van der Waals surface area contributed by atoms with Crippen LogP contribution >= 0.6 is 0 Å². The second-order valence-corrected chi connectivity index (χ2v) is 4.25. The Hall–Kier alpha value is -0.990. The van der Waals surface area contributed by atoms with E-state index in [2.05, 4.69) is 28.7 Å². The van der Waals surface area contributed by atoms with Gasteiger partial charge in [-0.15, -0.1) is 0 Å². The van der Waals surface area contributed by atoms with Crippen molar-refractivity contribution in [3.05, 3.63) is 12.4 Å². The van der Waals surface area contributed by atoms with E-state index in [1.165, 1.54) is 6.42 Å². The number of hydrogen-bond acceptors (Lipinski definition) is 2. The van der Waals surface area contributed by atoms with E-state index in [-0.39, 0.29) is 0 Å². The van der Waals surface area contributed by atoms with E-state index in [0.717, 1.165) is 19.0 Å². The number of imidazole rings is 1. The van der Waals surface area contributed by atoms with Gasteiger partial charge in [-0.25, -0.2) is 4.98 Å². The molecule has 2 heterocycles. The molecule has 0 saturated carbocycles. The molecule has 0 amide bonds. The van der Waals surface area contributed by atoms with Crippen molar-refractivity contribution in [1.29, 1.82) is 0 Å². The molecule has 0 aromatic carbocycles. The molecule has 0 radical (unpaired) electrons. The number of nitrogens with zero attached hydrogens (tertiary/aromatic N) is 2. The molecule has 0 aliphatic carbocycles. The number of aromatic nitrogens is 2. The SMILES string of the molecule is CC1(C)CCN(c2ncc[nH]2)C1. The normalized spacial score (nSPS) is 21.7. The predicted molar refractivity (Wildman–Crippen MR) is 49.2 cm³/mol. The summed E-state index contributed by atoms with van der Waals surface area (Å²) in [6.45, 7) is 6.84. The van der Waals surface area contributed by atoms with Crippen molar-refractivity contribution in [2.75, 3.05) is 18.0 Å². The molecule has 1 aliphatic rings. The molecule has 3 nitrogen and oxygen atoms in total. The molecule has 1 saturated heterocycles. The maximum atomic E-state index is 4.23. The minimum Gasteiger partial charge on any atom is -0.342 e. The van der Waals surface area contributed by atoms with Crippen LogP contribution in [0.15, 0.2) is 12.4 Å². The first-order chi connectivity index (χ1) is 5.67. The molecule has 12 heavy (non-hydrogen) atoms. The lowest BCUT2D eigenvalue weighted by molar-refractivity contribution is 0.418. The van der Waals surface area contributed by atoms with Crippen LogP contribution in [-0.2, 0) is 0 Å². The molecule has 1 aromatic heterocycles. The molecule has 0 atom stereocenters. The van der Waals surface area contributed by atoms with Gasteiger partial charge in [0.2, 0.25) is 5.95 Å². The van der Waals surface area contributed by atoms with Crippen LogP contribution in [0.5, 0.6) is 0 Å². The van der Waals surface area contributed by atoms with E-state index >= 15 is 0 Å². The molecule has 2 rings (SSSR count). The standard InChI is InChI=1S/C9H15N3/c1-9(2)3-6-12(7-9)8-10-4-5-11-8/h4-5H,3,6-7H2,1-2H3,(H,10,11). The fraction of sp³-hybridized carbons (Fsp3) is 0.667. The molecule has 1 aromatic rings. The van der Waals surface area contributed by atoms with Gasteiger partial charge < -0.3 is 9.88 Å². The summed E-state index contributed by atoms with van der Waals surface area (Å²) in [5.41, 5.74) is 0.451. The molecule has 3 heteroatoms. The molecular formula is C9H15N3.